The van der Waals surface area contributed by atoms with Crippen molar-refractivity contribution in [3.8, 4) is 11.1 Å². The van der Waals surface area contributed by atoms with Crippen LogP contribution in [0, 0.1) is 17.5 Å². The monoisotopic (exact) mass is 641 g/mol. The summed E-state index contributed by atoms with van der Waals surface area (Å²) < 4.78 is 0. The summed E-state index contributed by atoms with van der Waals surface area (Å²) in [4.78, 5) is 2.28. The number of anilines is 2. The zero-order valence-electron chi connectivity index (χ0n) is 29.2. The molecule has 1 heterocycles. The third-order valence-electron chi connectivity index (χ3n) is 8.22. The SMILES string of the molecule is C/C=C(C)\C=C/N.C=C1/C=C(/c2cccc(C/C=C\C=N)c2)CCc2c#cc3cc(-c4ccccc4)ccc3c2N1c1ccccc1.CC. The van der Waals surface area contributed by atoms with Gasteiger partial charge in [-0.1, -0.05) is 135 Å². The maximum atomic E-state index is 7.25. The molecule has 5 aromatic rings. The molecule has 1 aliphatic heterocycles. The fourth-order valence-corrected chi connectivity index (χ4v) is 5.72. The fourth-order valence-electron chi connectivity index (χ4n) is 5.72. The van der Waals surface area contributed by atoms with E-state index in [0.717, 1.165) is 52.7 Å². The Hall–Kier alpha value is -5.85. The van der Waals surface area contributed by atoms with Crippen LogP contribution in [0.5, 0.6) is 0 Å². The van der Waals surface area contributed by atoms with Crippen molar-refractivity contribution < 1.29 is 0 Å². The molecule has 0 aromatic heterocycles. The predicted octanol–water partition coefficient (Wildman–Crippen LogP) is 12.0. The van der Waals surface area contributed by atoms with E-state index in [1.807, 2.05) is 58.1 Å². The van der Waals surface area contributed by atoms with E-state index in [4.69, 9.17) is 11.1 Å². The lowest BCUT2D eigenvalue weighted by atomic mass is 9.91. The van der Waals surface area contributed by atoms with Crippen molar-refractivity contribution in [3.05, 3.63) is 186 Å². The van der Waals surface area contributed by atoms with Crippen LogP contribution in [-0.4, -0.2) is 6.21 Å². The van der Waals surface area contributed by atoms with E-state index in [-0.39, 0.29) is 0 Å². The van der Waals surface area contributed by atoms with Gasteiger partial charge in [-0.3, -0.25) is 0 Å². The van der Waals surface area contributed by atoms with E-state index in [1.165, 1.54) is 45.8 Å². The number of allylic oxidation sites excluding steroid dienone is 7. The third-order valence-corrected chi connectivity index (χ3v) is 8.22. The van der Waals surface area contributed by atoms with Gasteiger partial charge in [0.05, 0.1) is 5.69 Å². The highest BCUT2D eigenvalue weighted by Crippen LogP contribution is 2.41. The molecule has 5 aromatic carbocycles. The molecule has 0 saturated heterocycles. The van der Waals surface area contributed by atoms with Crippen molar-refractivity contribution in [2.45, 2.75) is 47.0 Å². The van der Waals surface area contributed by atoms with Crippen molar-refractivity contribution in [3.63, 3.8) is 0 Å². The molecule has 0 amide bonds. The Bertz CT molecular complexity index is 1960. The lowest BCUT2D eigenvalue weighted by Crippen LogP contribution is -2.18. The summed E-state index contributed by atoms with van der Waals surface area (Å²) in [6.07, 6.45) is 15.3. The van der Waals surface area contributed by atoms with Crippen molar-refractivity contribution in [2.75, 3.05) is 4.90 Å². The molecule has 0 spiro atoms. The lowest BCUT2D eigenvalue weighted by molar-refractivity contribution is 0.994. The van der Waals surface area contributed by atoms with Crippen molar-refractivity contribution >= 4 is 33.9 Å². The van der Waals surface area contributed by atoms with Crippen LogP contribution in [0.1, 0.15) is 50.8 Å². The molecule has 3 nitrogen and oxygen atoms in total. The Kier molecular flexibility index (Phi) is 13.6. The highest BCUT2D eigenvalue weighted by Gasteiger charge is 2.22. The Morgan fingerprint density at radius 1 is 0.857 bits per heavy atom. The van der Waals surface area contributed by atoms with Gasteiger partial charge in [0.15, 0.2) is 0 Å². The average Bonchev–Trinajstić information content (AvgIpc) is 3.15. The van der Waals surface area contributed by atoms with Crippen LogP contribution in [0.4, 0.5) is 11.4 Å². The van der Waals surface area contributed by atoms with Crippen LogP contribution >= 0.6 is 0 Å². The van der Waals surface area contributed by atoms with Crippen LogP contribution < -0.4 is 10.6 Å². The summed E-state index contributed by atoms with van der Waals surface area (Å²) in [5, 5.41) is 9.44. The topological polar surface area (TPSA) is 53.1 Å². The number of rotatable bonds is 7. The second-order valence-electron chi connectivity index (χ2n) is 11.4. The van der Waals surface area contributed by atoms with Gasteiger partial charge in [-0.15, -0.1) is 0 Å². The first-order chi connectivity index (χ1) is 24.0. The van der Waals surface area contributed by atoms with Crippen LogP contribution in [0.15, 0.2) is 158 Å². The van der Waals surface area contributed by atoms with Gasteiger partial charge in [0, 0.05) is 33.9 Å². The maximum Gasteiger partial charge on any atom is 0.0662 e. The molecule has 1 aliphatic rings. The van der Waals surface area contributed by atoms with Gasteiger partial charge in [-0.2, -0.15) is 0 Å². The minimum atomic E-state index is 0.802. The van der Waals surface area contributed by atoms with Gasteiger partial charge in [0.25, 0.3) is 0 Å². The summed E-state index contributed by atoms with van der Waals surface area (Å²) in [5.74, 6) is 0. The normalized spacial score (nSPS) is 14.0. The molecular weight excluding hydrogens is 595 g/mol. The first kappa shape index (κ1) is 36.0. The molecule has 246 valence electrons. The number of nitrogens with two attached hydrogens (primary N) is 1. The number of nitrogens with one attached hydrogen (secondary N) is 1. The molecule has 0 unspecified atom stereocenters. The number of hydrogen-bond donors (Lipinski definition) is 2. The van der Waals surface area contributed by atoms with Crippen LogP contribution in [0.2, 0.25) is 0 Å². The molecular formula is C46H47N3. The summed E-state index contributed by atoms with van der Waals surface area (Å²) >= 11 is 0. The van der Waals surface area contributed by atoms with Gasteiger partial charge in [-0.25, -0.2) is 0 Å². The van der Waals surface area contributed by atoms with Gasteiger partial charge in [-0.05, 0) is 104 Å². The fraction of sp³-hybridized carbons (Fsp3) is 0.152. The van der Waals surface area contributed by atoms with Gasteiger partial charge in [0.1, 0.15) is 0 Å². The third kappa shape index (κ3) is 9.37. The molecule has 0 aliphatic carbocycles. The number of nitrogens with zero attached hydrogens (tertiary/aromatic N) is 1. The largest absolute Gasteiger partial charge is 0.405 e. The van der Waals surface area contributed by atoms with Crippen LogP contribution in [0.3, 0.4) is 0 Å². The second kappa shape index (κ2) is 18.5. The van der Waals surface area contributed by atoms with E-state index in [9.17, 15) is 0 Å². The Balaban J connectivity index is 0.000000537. The lowest BCUT2D eigenvalue weighted by Gasteiger charge is -2.30. The number of para-hydroxylation sites is 1. The van der Waals surface area contributed by atoms with Crippen LogP contribution in [-0.2, 0) is 12.8 Å². The average molecular weight is 642 g/mol. The molecule has 0 radical (unpaired) electrons. The van der Waals surface area contributed by atoms with E-state index < -0.39 is 0 Å². The summed E-state index contributed by atoms with van der Waals surface area (Å²) in [6, 6.07) is 43.3. The van der Waals surface area contributed by atoms with Crippen molar-refractivity contribution in [1.29, 1.82) is 5.41 Å². The minimum absolute atomic E-state index is 0.802. The highest BCUT2D eigenvalue weighted by atomic mass is 15.1. The van der Waals surface area contributed by atoms with E-state index in [0.29, 0.717) is 0 Å². The Labute approximate surface area is 293 Å². The Morgan fingerprint density at radius 2 is 1.57 bits per heavy atom. The summed E-state index contributed by atoms with van der Waals surface area (Å²) in [7, 11) is 0. The zero-order chi connectivity index (χ0) is 35.0. The van der Waals surface area contributed by atoms with Gasteiger partial charge < -0.3 is 16.0 Å². The molecule has 3 N–H and O–H groups in total. The number of fused-ring (bicyclic) bond motifs is 3. The molecule has 0 atom stereocenters. The maximum absolute atomic E-state index is 7.25. The molecule has 3 heteroatoms. The minimum Gasteiger partial charge on any atom is -0.405 e. The van der Waals surface area contributed by atoms with Crippen molar-refractivity contribution in [2.24, 2.45) is 5.73 Å². The molecule has 0 bridgehead atoms. The van der Waals surface area contributed by atoms with Gasteiger partial charge >= 0.3 is 0 Å². The molecule has 6 rings (SSSR count). The quantitative estimate of drug-likeness (QED) is 0.137. The number of hydrogen-bond acceptors (Lipinski definition) is 3. The van der Waals surface area contributed by atoms with E-state index >= 15 is 0 Å². The van der Waals surface area contributed by atoms with E-state index in [1.54, 1.807) is 6.08 Å². The number of benzene rings is 4. The van der Waals surface area contributed by atoms with E-state index in [2.05, 4.69) is 121 Å². The first-order valence-corrected chi connectivity index (χ1v) is 17.0. The standard InChI is InChI=1S/C38H30N2.C6H11N.C2H6/c1-28-25-33(32-15-10-12-29(26-32)11-8-9-24-39)20-18-31-19-21-35-27-34(30-13-4-2-5-14-30)22-23-37(35)38(31)40(28)36-16-6-3-7-17-36;1-3-6(2)4-5-7;1-2/h2-10,12-17,22-27,39H,1,11,18,20H2;3-5H,7H2,1-2H3;1-2H3/b9-8-,33-25+,39-24?;5-4-,6-3-;. The zero-order valence-corrected chi connectivity index (χ0v) is 29.2. The Morgan fingerprint density at radius 3 is 2.24 bits per heavy atom. The highest BCUT2D eigenvalue weighted by molar-refractivity contribution is 6.00. The molecule has 0 saturated carbocycles. The van der Waals surface area contributed by atoms with Gasteiger partial charge in [0.2, 0.25) is 0 Å². The predicted molar refractivity (Wildman–Crippen MR) is 213 cm³/mol. The first-order valence-electron chi connectivity index (χ1n) is 17.0. The summed E-state index contributed by atoms with van der Waals surface area (Å²) in [6.45, 7) is 12.6. The summed E-state index contributed by atoms with van der Waals surface area (Å²) in [5.41, 5.74) is 16.6. The molecule has 49 heavy (non-hydrogen) atoms. The second-order valence-corrected chi connectivity index (χ2v) is 11.4. The van der Waals surface area contributed by atoms with Crippen LogP contribution in [0.25, 0.3) is 27.5 Å². The smallest absolute Gasteiger partial charge is 0.0662 e. The van der Waals surface area contributed by atoms with Crippen molar-refractivity contribution in [1.82, 2.24) is 0 Å². The molecule has 0 fully saturated rings.